The number of carbonyl (C=O) groups excluding carboxylic acids is 1. The fraction of sp³-hybridized carbons (Fsp3) is 0.524. The molecule has 0 aliphatic heterocycles. The molecular weight excluding hydrogens is 345 g/mol. The van der Waals surface area contributed by atoms with Gasteiger partial charge in [0.05, 0.1) is 35.9 Å². The Hall–Kier alpha value is -2.21. The van der Waals surface area contributed by atoms with Gasteiger partial charge in [0, 0.05) is 6.54 Å². The molecule has 1 saturated carbocycles. The van der Waals surface area contributed by atoms with E-state index in [-0.39, 0.29) is 11.7 Å². The number of ether oxygens (including phenoxy) is 1. The van der Waals surface area contributed by atoms with Gasteiger partial charge in [-0.2, -0.15) is 5.10 Å². The molecule has 5 nitrogen and oxygen atoms in total. The SMILES string of the molecule is CCc1c(C(=O)NCCOC2CCCCC2C)cnn1-c1ccc(F)cc1. The van der Waals surface area contributed by atoms with Gasteiger partial charge in [-0.1, -0.05) is 26.7 Å². The molecule has 2 atom stereocenters. The molecule has 1 aromatic heterocycles. The number of amides is 1. The maximum atomic E-state index is 13.1. The zero-order valence-electron chi connectivity index (χ0n) is 16.1. The monoisotopic (exact) mass is 373 g/mol. The zero-order chi connectivity index (χ0) is 19.2. The standard InChI is InChI=1S/C21H28FN3O2/c1-3-19-18(14-24-25(19)17-10-8-16(22)9-11-17)21(26)23-12-13-27-20-7-5-4-6-15(20)2/h8-11,14-15,20H,3-7,12-13H2,1-2H3,(H,23,26). The molecular formula is C21H28FN3O2. The molecule has 0 saturated heterocycles. The van der Waals surface area contributed by atoms with Crippen LogP contribution in [0.25, 0.3) is 5.69 Å². The number of nitrogens with zero attached hydrogens (tertiary/aromatic N) is 2. The Morgan fingerprint density at radius 3 is 2.74 bits per heavy atom. The van der Waals surface area contributed by atoms with Crippen LogP contribution in [0.15, 0.2) is 30.5 Å². The predicted octanol–water partition coefficient (Wildman–Crippen LogP) is 3.90. The van der Waals surface area contributed by atoms with Crippen LogP contribution in [0.1, 0.15) is 55.6 Å². The van der Waals surface area contributed by atoms with Crippen LogP contribution in [0.2, 0.25) is 0 Å². The second-order valence-electron chi connectivity index (χ2n) is 7.17. The van der Waals surface area contributed by atoms with E-state index in [1.807, 2.05) is 6.92 Å². The summed E-state index contributed by atoms with van der Waals surface area (Å²) in [6.45, 7) is 5.21. The van der Waals surface area contributed by atoms with Gasteiger partial charge >= 0.3 is 0 Å². The Bertz CT molecular complexity index is 757. The third-order valence-electron chi connectivity index (χ3n) is 5.27. The summed E-state index contributed by atoms with van der Waals surface area (Å²) < 4.78 is 20.8. The number of carbonyl (C=O) groups is 1. The van der Waals surface area contributed by atoms with Crippen LogP contribution >= 0.6 is 0 Å². The minimum atomic E-state index is -0.297. The van der Waals surface area contributed by atoms with Crippen molar-refractivity contribution in [3.05, 3.63) is 47.5 Å². The lowest BCUT2D eigenvalue weighted by Gasteiger charge is -2.28. The predicted molar refractivity (Wildman–Crippen MR) is 103 cm³/mol. The van der Waals surface area contributed by atoms with E-state index in [2.05, 4.69) is 17.3 Å². The number of hydrogen-bond donors (Lipinski definition) is 1. The van der Waals surface area contributed by atoms with Gasteiger partial charge in [-0.05, 0) is 49.4 Å². The summed E-state index contributed by atoms with van der Waals surface area (Å²) in [5.41, 5.74) is 2.09. The van der Waals surface area contributed by atoms with Crippen molar-refractivity contribution in [3.8, 4) is 5.69 Å². The largest absolute Gasteiger partial charge is 0.376 e. The highest BCUT2D eigenvalue weighted by Gasteiger charge is 2.22. The Kier molecular flexibility index (Phi) is 6.61. The molecule has 1 aliphatic rings. The summed E-state index contributed by atoms with van der Waals surface area (Å²) in [7, 11) is 0. The van der Waals surface area contributed by atoms with Crippen LogP contribution in [-0.2, 0) is 11.2 Å². The van der Waals surface area contributed by atoms with Gasteiger partial charge in [0.15, 0.2) is 0 Å². The molecule has 1 aliphatic carbocycles. The van der Waals surface area contributed by atoms with Crippen molar-refractivity contribution in [3.63, 3.8) is 0 Å². The molecule has 1 N–H and O–H groups in total. The number of halogens is 1. The fourth-order valence-corrected chi connectivity index (χ4v) is 3.71. The van der Waals surface area contributed by atoms with Gasteiger partial charge in [0.25, 0.3) is 5.91 Å². The second-order valence-corrected chi connectivity index (χ2v) is 7.17. The molecule has 27 heavy (non-hydrogen) atoms. The van der Waals surface area contributed by atoms with Gasteiger partial charge in [-0.25, -0.2) is 9.07 Å². The van der Waals surface area contributed by atoms with E-state index in [0.717, 1.165) is 17.8 Å². The minimum Gasteiger partial charge on any atom is -0.376 e. The number of benzene rings is 1. The molecule has 1 aromatic carbocycles. The van der Waals surface area contributed by atoms with Gasteiger partial charge < -0.3 is 10.1 Å². The molecule has 1 amide bonds. The summed E-state index contributed by atoms with van der Waals surface area (Å²) >= 11 is 0. The lowest BCUT2D eigenvalue weighted by molar-refractivity contribution is -0.00294. The van der Waals surface area contributed by atoms with Crippen molar-refractivity contribution in [2.24, 2.45) is 5.92 Å². The number of aromatic nitrogens is 2. The first-order valence-electron chi connectivity index (χ1n) is 9.82. The van der Waals surface area contributed by atoms with Crippen molar-refractivity contribution in [1.29, 1.82) is 0 Å². The second kappa shape index (κ2) is 9.13. The van der Waals surface area contributed by atoms with Crippen LogP contribution in [0.4, 0.5) is 4.39 Å². The average molecular weight is 373 g/mol. The first-order chi connectivity index (χ1) is 13.1. The maximum Gasteiger partial charge on any atom is 0.254 e. The quantitative estimate of drug-likeness (QED) is 0.749. The third-order valence-corrected chi connectivity index (χ3v) is 5.27. The van der Waals surface area contributed by atoms with Crippen LogP contribution in [0.3, 0.4) is 0 Å². The maximum absolute atomic E-state index is 13.1. The third kappa shape index (κ3) is 4.75. The smallest absolute Gasteiger partial charge is 0.254 e. The van der Waals surface area contributed by atoms with Crippen molar-refractivity contribution < 1.29 is 13.9 Å². The van der Waals surface area contributed by atoms with Gasteiger partial charge in [-0.15, -0.1) is 0 Å². The van der Waals surface area contributed by atoms with Crippen LogP contribution in [0.5, 0.6) is 0 Å². The molecule has 3 rings (SSSR count). The number of hydrogen-bond acceptors (Lipinski definition) is 3. The summed E-state index contributed by atoms with van der Waals surface area (Å²) in [6.07, 6.45) is 7.37. The summed E-state index contributed by atoms with van der Waals surface area (Å²) in [5, 5.41) is 7.25. The van der Waals surface area contributed by atoms with Crippen LogP contribution in [0, 0.1) is 11.7 Å². The van der Waals surface area contributed by atoms with E-state index in [0.29, 0.717) is 37.2 Å². The lowest BCUT2D eigenvalue weighted by Crippen LogP contribution is -2.32. The van der Waals surface area contributed by atoms with E-state index >= 15 is 0 Å². The van der Waals surface area contributed by atoms with Crippen molar-refractivity contribution >= 4 is 5.91 Å². The molecule has 1 fully saturated rings. The minimum absolute atomic E-state index is 0.152. The van der Waals surface area contributed by atoms with E-state index in [1.54, 1.807) is 23.0 Å². The first kappa shape index (κ1) is 19.5. The van der Waals surface area contributed by atoms with E-state index < -0.39 is 0 Å². The fourth-order valence-electron chi connectivity index (χ4n) is 3.71. The molecule has 6 heteroatoms. The summed E-state index contributed by atoms with van der Waals surface area (Å²) in [4.78, 5) is 12.6. The molecule has 0 spiro atoms. The Morgan fingerprint density at radius 1 is 1.30 bits per heavy atom. The summed E-state index contributed by atoms with van der Waals surface area (Å²) in [5.74, 6) is 0.143. The Balaban J connectivity index is 1.57. The average Bonchev–Trinajstić information content (AvgIpc) is 3.11. The highest BCUT2D eigenvalue weighted by molar-refractivity contribution is 5.95. The normalized spacial score (nSPS) is 19.8. The Morgan fingerprint density at radius 2 is 2.04 bits per heavy atom. The van der Waals surface area contributed by atoms with Gasteiger partial charge in [-0.3, -0.25) is 4.79 Å². The topological polar surface area (TPSA) is 56.1 Å². The molecule has 2 unspecified atom stereocenters. The lowest BCUT2D eigenvalue weighted by atomic mass is 9.88. The zero-order valence-corrected chi connectivity index (χ0v) is 16.1. The molecule has 0 bridgehead atoms. The molecule has 1 heterocycles. The van der Waals surface area contributed by atoms with Crippen molar-refractivity contribution in [2.45, 2.75) is 52.1 Å². The van der Waals surface area contributed by atoms with Crippen molar-refractivity contribution in [2.75, 3.05) is 13.2 Å². The molecule has 146 valence electrons. The summed E-state index contributed by atoms with van der Waals surface area (Å²) in [6, 6.07) is 6.09. The van der Waals surface area contributed by atoms with Crippen molar-refractivity contribution in [1.82, 2.24) is 15.1 Å². The highest BCUT2D eigenvalue weighted by Crippen LogP contribution is 2.26. The molecule has 0 radical (unpaired) electrons. The number of rotatable bonds is 7. The van der Waals surface area contributed by atoms with E-state index in [9.17, 15) is 9.18 Å². The van der Waals surface area contributed by atoms with E-state index in [4.69, 9.17) is 4.74 Å². The van der Waals surface area contributed by atoms with E-state index in [1.165, 1.54) is 31.4 Å². The van der Waals surface area contributed by atoms with Crippen LogP contribution < -0.4 is 5.32 Å². The molecule has 2 aromatic rings. The highest BCUT2D eigenvalue weighted by atomic mass is 19.1. The van der Waals surface area contributed by atoms with Gasteiger partial charge in [0.1, 0.15) is 5.82 Å². The Labute approximate surface area is 159 Å². The first-order valence-corrected chi connectivity index (χ1v) is 9.82. The van der Waals surface area contributed by atoms with Crippen LogP contribution in [-0.4, -0.2) is 34.9 Å². The number of nitrogens with one attached hydrogen (secondary N) is 1. The van der Waals surface area contributed by atoms with Gasteiger partial charge in [0.2, 0.25) is 0 Å².